The maximum absolute atomic E-state index is 5.79. The van der Waals surface area contributed by atoms with E-state index in [9.17, 15) is 0 Å². The van der Waals surface area contributed by atoms with Crippen molar-refractivity contribution in [2.24, 2.45) is 0 Å². The maximum Gasteiger partial charge on any atom is 0.0805 e. The molecule has 0 saturated heterocycles. The Morgan fingerprint density at radius 1 is 1.33 bits per heavy atom. The van der Waals surface area contributed by atoms with Crippen molar-refractivity contribution < 1.29 is 0 Å². The lowest BCUT2D eigenvalue weighted by molar-refractivity contribution is 0.623. The second-order valence-electron chi connectivity index (χ2n) is 3.91. The van der Waals surface area contributed by atoms with Crippen molar-refractivity contribution in [1.29, 1.82) is 0 Å². The fourth-order valence-corrected chi connectivity index (χ4v) is 1.82. The summed E-state index contributed by atoms with van der Waals surface area (Å²) in [4.78, 5) is 0. The third-order valence-corrected chi connectivity index (χ3v) is 2.66. The van der Waals surface area contributed by atoms with E-state index in [0.717, 1.165) is 12.2 Å². The smallest absolute Gasteiger partial charge is 0.0805 e. The van der Waals surface area contributed by atoms with Crippen LogP contribution in [0.2, 0.25) is 0 Å². The Hall–Kier alpha value is -1.42. The van der Waals surface area contributed by atoms with Gasteiger partial charge >= 0.3 is 0 Å². The SMILES string of the molecule is CCCCN1NN(C)c2ccc(N)cc21. The molecule has 1 heterocycles. The van der Waals surface area contributed by atoms with Gasteiger partial charge in [-0.1, -0.05) is 13.3 Å². The third kappa shape index (κ3) is 1.85. The summed E-state index contributed by atoms with van der Waals surface area (Å²) in [5.41, 5.74) is 12.3. The minimum atomic E-state index is 0.812. The number of nitrogens with zero attached hydrogens (tertiary/aromatic N) is 2. The highest BCUT2D eigenvalue weighted by atomic mass is 15.8. The van der Waals surface area contributed by atoms with Gasteiger partial charge in [0.2, 0.25) is 0 Å². The van der Waals surface area contributed by atoms with Crippen molar-refractivity contribution in [1.82, 2.24) is 5.53 Å². The van der Waals surface area contributed by atoms with Gasteiger partial charge < -0.3 is 5.73 Å². The minimum Gasteiger partial charge on any atom is -0.399 e. The number of benzene rings is 1. The third-order valence-electron chi connectivity index (χ3n) is 2.66. The minimum absolute atomic E-state index is 0.812. The summed E-state index contributed by atoms with van der Waals surface area (Å²) in [6, 6.07) is 5.99. The van der Waals surface area contributed by atoms with Gasteiger partial charge in [0.1, 0.15) is 0 Å². The standard InChI is InChI=1S/C11H18N4/c1-3-4-7-15-11-8-9(12)5-6-10(11)14(2)13-15/h5-6,8,13H,3-4,7,12H2,1-2H3. The van der Waals surface area contributed by atoms with Crippen molar-refractivity contribution in [3.05, 3.63) is 18.2 Å². The normalized spacial score (nSPS) is 14.5. The Morgan fingerprint density at radius 3 is 2.87 bits per heavy atom. The van der Waals surface area contributed by atoms with Gasteiger partial charge in [-0.2, -0.15) is 0 Å². The van der Waals surface area contributed by atoms with Crippen LogP contribution in [-0.2, 0) is 0 Å². The zero-order chi connectivity index (χ0) is 10.8. The molecule has 3 N–H and O–H groups in total. The molecular formula is C11H18N4. The van der Waals surface area contributed by atoms with Crippen LogP contribution in [0.5, 0.6) is 0 Å². The molecule has 4 heteroatoms. The van der Waals surface area contributed by atoms with Gasteiger partial charge in [0.25, 0.3) is 0 Å². The van der Waals surface area contributed by atoms with E-state index in [1.807, 2.05) is 30.3 Å². The van der Waals surface area contributed by atoms with Crippen LogP contribution < -0.4 is 21.3 Å². The number of unbranched alkanes of at least 4 members (excludes halogenated alkanes) is 1. The fourth-order valence-electron chi connectivity index (χ4n) is 1.82. The molecule has 0 aliphatic carbocycles. The highest BCUT2D eigenvalue weighted by molar-refractivity contribution is 5.77. The molecule has 0 saturated carbocycles. The first-order chi connectivity index (χ1) is 7.22. The van der Waals surface area contributed by atoms with Gasteiger partial charge in [-0.05, 0) is 24.6 Å². The molecule has 1 aromatic rings. The van der Waals surface area contributed by atoms with Crippen molar-refractivity contribution >= 4 is 17.1 Å². The molecule has 0 aromatic heterocycles. The van der Waals surface area contributed by atoms with Gasteiger partial charge in [-0.15, -0.1) is 5.53 Å². The van der Waals surface area contributed by atoms with E-state index < -0.39 is 0 Å². The molecule has 0 atom stereocenters. The average molecular weight is 206 g/mol. The first kappa shape index (κ1) is 10.1. The molecule has 82 valence electrons. The zero-order valence-corrected chi connectivity index (χ0v) is 9.33. The van der Waals surface area contributed by atoms with Crippen LogP contribution in [0, 0.1) is 0 Å². The fraction of sp³-hybridized carbons (Fsp3) is 0.455. The van der Waals surface area contributed by atoms with Crippen LogP contribution in [0.3, 0.4) is 0 Å². The molecule has 2 rings (SSSR count). The number of fused-ring (bicyclic) bond motifs is 1. The van der Waals surface area contributed by atoms with E-state index >= 15 is 0 Å². The molecule has 1 aromatic carbocycles. The van der Waals surface area contributed by atoms with Crippen LogP contribution in [0.4, 0.5) is 17.1 Å². The zero-order valence-electron chi connectivity index (χ0n) is 9.33. The molecule has 4 nitrogen and oxygen atoms in total. The van der Waals surface area contributed by atoms with Gasteiger partial charge in [0.05, 0.1) is 11.4 Å². The number of hydrogen-bond donors (Lipinski definition) is 2. The molecule has 1 aliphatic heterocycles. The van der Waals surface area contributed by atoms with Gasteiger partial charge in [0, 0.05) is 19.3 Å². The number of nitrogens with one attached hydrogen (secondary N) is 1. The first-order valence-electron chi connectivity index (χ1n) is 5.39. The summed E-state index contributed by atoms with van der Waals surface area (Å²) in [5, 5.41) is 4.17. The second kappa shape index (κ2) is 3.98. The van der Waals surface area contributed by atoms with E-state index in [1.54, 1.807) is 0 Å². The Morgan fingerprint density at radius 2 is 2.13 bits per heavy atom. The maximum atomic E-state index is 5.79. The molecular weight excluding hydrogens is 188 g/mol. The Bertz CT molecular complexity index is 350. The highest BCUT2D eigenvalue weighted by Gasteiger charge is 2.22. The molecule has 15 heavy (non-hydrogen) atoms. The largest absolute Gasteiger partial charge is 0.399 e. The molecule has 0 bridgehead atoms. The van der Waals surface area contributed by atoms with Gasteiger partial charge in [-0.3, -0.25) is 10.0 Å². The first-order valence-corrected chi connectivity index (χ1v) is 5.39. The van der Waals surface area contributed by atoms with Crippen molar-refractivity contribution in [2.75, 3.05) is 29.3 Å². The van der Waals surface area contributed by atoms with Crippen molar-refractivity contribution in [3.63, 3.8) is 0 Å². The number of nitrogen functional groups attached to an aromatic ring is 1. The predicted octanol–water partition coefficient (Wildman–Crippen LogP) is 1.74. The van der Waals surface area contributed by atoms with Crippen LogP contribution >= 0.6 is 0 Å². The number of anilines is 3. The molecule has 0 spiro atoms. The second-order valence-corrected chi connectivity index (χ2v) is 3.91. The number of hydrazine groups is 2. The Labute approximate surface area is 90.6 Å². The van der Waals surface area contributed by atoms with Gasteiger partial charge in [-0.25, -0.2) is 0 Å². The summed E-state index contributed by atoms with van der Waals surface area (Å²) in [6.45, 7) is 3.21. The van der Waals surface area contributed by atoms with Crippen LogP contribution in [0.15, 0.2) is 18.2 Å². The average Bonchev–Trinajstić information content (AvgIpc) is 2.52. The van der Waals surface area contributed by atoms with E-state index in [0.29, 0.717) is 0 Å². The summed E-state index contributed by atoms with van der Waals surface area (Å²) in [7, 11) is 2.01. The lowest BCUT2D eigenvalue weighted by atomic mass is 10.2. The van der Waals surface area contributed by atoms with Crippen molar-refractivity contribution in [2.45, 2.75) is 19.8 Å². The molecule has 0 radical (unpaired) electrons. The summed E-state index contributed by atoms with van der Waals surface area (Å²) >= 11 is 0. The molecule has 0 fully saturated rings. The molecule has 1 aliphatic rings. The topological polar surface area (TPSA) is 44.5 Å². The van der Waals surface area contributed by atoms with Crippen LogP contribution in [0.25, 0.3) is 0 Å². The van der Waals surface area contributed by atoms with Crippen LogP contribution in [0.1, 0.15) is 19.8 Å². The summed E-state index contributed by atoms with van der Waals surface area (Å²) in [6.07, 6.45) is 2.37. The quantitative estimate of drug-likeness (QED) is 0.739. The van der Waals surface area contributed by atoms with E-state index in [2.05, 4.69) is 17.5 Å². The Kier molecular flexibility index (Phi) is 2.68. The number of rotatable bonds is 3. The van der Waals surface area contributed by atoms with Gasteiger partial charge in [0.15, 0.2) is 0 Å². The van der Waals surface area contributed by atoms with E-state index in [4.69, 9.17) is 5.73 Å². The number of nitrogens with two attached hydrogens (primary N) is 1. The lowest BCUT2D eigenvalue weighted by Crippen LogP contribution is -2.42. The van der Waals surface area contributed by atoms with E-state index in [1.165, 1.54) is 24.2 Å². The monoisotopic (exact) mass is 206 g/mol. The highest BCUT2D eigenvalue weighted by Crippen LogP contribution is 2.33. The Balaban J connectivity index is 2.23. The summed E-state index contributed by atoms with van der Waals surface area (Å²) in [5.74, 6) is 0. The summed E-state index contributed by atoms with van der Waals surface area (Å²) < 4.78 is 0. The molecule has 0 amide bonds. The molecule has 0 unspecified atom stereocenters. The predicted molar refractivity (Wildman–Crippen MR) is 64.6 cm³/mol. The van der Waals surface area contributed by atoms with Crippen molar-refractivity contribution in [3.8, 4) is 0 Å². The van der Waals surface area contributed by atoms with E-state index in [-0.39, 0.29) is 0 Å². The number of hydrogen-bond acceptors (Lipinski definition) is 4. The lowest BCUT2D eigenvalue weighted by Gasteiger charge is -2.19. The van der Waals surface area contributed by atoms with Crippen LogP contribution in [-0.4, -0.2) is 13.6 Å².